The van der Waals surface area contributed by atoms with Gasteiger partial charge in [-0.05, 0) is 24.8 Å². The van der Waals surface area contributed by atoms with Gasteiger partial charge in [0.25, 0.3) is 0 Å². The summed E-state index contributed by atoms with van der Waals surface area (Å²) in [5, 5.41) is 6.29. The average molecular weight is 264 g/mol. The van der Waals surface area contributed by atoms with Crippen molar-refractivity contribution >= 4 is 33.3 Å². The molecule has 0 amide bonds. The fourth-order valence-electron chi connectivity index (χ4n) is 1.96. The van der Waals surface area contributed by atoms with Crippen LogP contribution >= 0.6 is 11.3 Å². The van der Waals surface area contributed by atoms with Gasteiger partial charge < -0.3 is 10.2 Å². The van der Waals surface area contributed by atoms with E-state index in [2.05, 4.69) is 45.5 Å². The van der Waals surface area contributed by atoms with E-state index in [1.54, 1.807) is 11.3 Å². The molecule has 1 N–H and O–H groups in total. The molecule has 0 spiro atoms. The second-order valence-electron chi connectivity index (χ2n) is 4.19. The minimum atomic E-state index is 0.704. The molecule has 0 saturated carbocycles. The molecule has 0 fully saturated rings. The van der Waals surface area contributed by atoms with Gasteiger partial charge in [-0.15, -0.1) is 11.3 Å². The maximum Gasteiger partial charge on any atom is 0.225 e. The van der Waals surface area contributed by atoms with Crippen molar-refractivity contribution in [3.05, 3.63) is 11.4 Å². The van der Waals surface area contributed by atoms with Crippen LogP contribution in [0.3, 0.4) is 0 Å². The number of rotatable bonds is 6. The third-order valence-corrected chi connectivity index (χ3v) is 3.80. The standard InChI is InChI=1S/C13H20N4S/c1-4-6-8-17(5-2)11-10-7-9-18-12(10)16-13(14-3)15-11/h7,9H,4-6,8H2,1-3H3,(H,14,15,16). The fraction of sp³-hybridized carbons (Fsp3) is 0.538. The van der Waals surface area contributed by atoms with Crippen LogP contribution in [0, 0.1) is 0 Å². The Hall–Kier alpha value is -1.36. The maximum absolute atomic E-state index is 4.63. The Labute approximate surface area is 112 Å². The minimum absolute atomic E-state index is 0.704. The molecular formula is C13H20N4S. The van der Waals surface area contributed by atoms with Gasteiger partial charge in [0.2, 0.25) is 5.95 Å². The molecule has 98 valence electrons. The van der Waals surface area contributed by atoms with Crippen molar-refractivity contribution in [2.45, 2.75) is 26.7 Å². The van der Waals surface area contributed by atoms with Crippen LogP contribution in [-0.4, -0.2) is 30.1 Å². The summed E-state index contributed by atoms with van der Waals surface area (Å²) >= 11 is 1.66. The van der Waals surface area contributed by atoms with Crippen molar-refractivity contribution in [3.63, 3.8) is 0 Å². The van der Waals surface area contributed by atoms with Gasteiger partial charge in [-0.2, -0.15) is 4.98 Å². The number of nitrogens with one attached hydrogen (secondary N) is 1. The number of hydrogen-bond donors (Lipinski definition) is 1. The molecular weight excluding hydrogens is 244 g/mol. The van der Waals surface area contributed by atoms with Gasteiger partial charge in [-0.25, -0.2) is 4.98 Å². The molecule has 2 rings (SSSR count). The lowest BCUT2D eigenvalue weighted by Crippen LogP contribution is -2.25. The van der Waals surface area contributed by atoms with E-state index < -0.39 is 0 Å². The van der Waals surface area contributed by atoms with E-state index in [1.165, 1.54) is 12.8 Å². The van der Waals surface area contributed by atoms with Crippen molar-refractivity contribution in [1.82, 2.24) is 9.97 Å². The van der Waals surface area contributed by atoms with Crippen molar-refractivity contribution in [2.75, 3.05) is 30.4 Å². The topological polar surface area (TPSA) is 41.1 Å². The molecule has 18 heavy (non-hydrogen) atoms. The number of anilines is 2. The van der Waals surface area contributed by atoms with E-state index >= 15 is 0 Å². The third kappa shape index (κ3) is 2.56. The van der Waals surface area contributed by atoms with Gasteiger partial charge in [0.1, 0.15) is 10.6 Å². The number of fused-ring (bicyclic) bond motifs is 1. The summed E-state index contributed by atoms with van der Waals surface area (Å²) in [6, 6.07) is 2.11. The first kappa shape index (κ1) is 13.1. The Morgan fingerprint density at radius 1 is 1.33 bits per heavy atom. The zero-order chi connectivity index (χ0) is 13.0. The second-order valence-corrected chi connectivity index (χ2v) is 5.09. The Morgan fingerprint density at radius 2 is 2.17 bits per heavy atom. The highest BCUT2D eigenvalue weighted by Gasteiger charge is 2.13. The maximum atomic E-state index is 4.63. The zero-order valence-corrected chi connectivity index (χ0v) is 12.0. The van der Waals surface area contributed by atoms with E-state index in [0.717, 1.165) is 29.1 Å². The summed E-state index contributed by atoms with van der Waals surface area (Å²) in [6.45, 7) is 6.42. The smallest absolute Gasteiger partial charge is 0.225 e. The molecule has 2 heterocycles. The Balaban J connectivity index is 2.42. The van der Waals surface area contributed by atoms with Crippen LogP contribution in [0.2, 0.25) is 0 Å². The zero-order valence-electron chi connectivity index (χ0n) is 11.2. The lowest BCUT2D eigenvalue weighted by Gasteiger charge is -2.22. The van der Waals surface area contributed by atoms with E-state index in [-0.39, 0.29) is 0 Å². The van der Waals surface area contributed by atoms with Crippen LogP contribution in [0.4, 0.5) is 11.8 Å². The van der Waals surface area contributed by atoms with E-state index in [0.29, 0.717) is 5.95 Å². The Kier molecular flexibility index (Phi) is 4.36. The average Bonchev–Trinajstić information content (AvgIpc) is 2.87. The van der Waals surface area contributed by atoms with Gasteiger partial charge in [-0.1, -0.05) is 13.3 Å². The first-order valence-corrected chi connectivity index (χ1v) is 7.36. The predicted octanol–water partition coefficient (Wildman–Crippen LogP) is 3.36. The van der Waals surface area contributed by atoms with Crippen molar-refractivity contribution in [3.8, 4) is 0 Å². The first-order chi connectivity index (χ1) is 8.80. The van der Waals surface area contributed by atoms with E-state index in [9.17, 15) is 0 Å². The summed E-state index contributed by atoms with van der Waals surface area (Å²) in [5.41, 5.74) is 0. The monoisotopic (exact) mass is 264 g/mol. The summed E-state index contributed by atoms with van der Waals surface area (Å²) in [5.74, 6) is 1.76. The molecule has 0 aliphatic rings. The molecule has 2 aromatic rings. The third-order valence-electron chi connectivity index (χ3n) is 2.99. The molecule has 2 aromatic heterocycles. The summed E-state index contributed by atoms with van der Waals surface area (Å²) < 4.78 is 0. The molecule has 4 nitrogen and oxygen atoms in total. The number of aromatic nitrogens is 2. The predicted molar refractivity (Wildman–Crippen MR) is 79.8 cm³/mol. The number of thiophene rings is 1. The Bertz CT molecular complexity index is 509. The van der Waals surface area contributed by atoms with E-state index in [4.69, 9.17) is 0 Å². The molecule has 0 aliphatic heterocycles. The Morgan fingerprint density at radius 3 is 2.83 bits per heavy atom. The summed E-state index contributed by atoms with van der Waals surface area (Å²) in [6.07, 6.45) is 2.39. The molecule has 0 atom stereocenters. The van der Waals surface area contributed by atoms with Gasteiger partial charge in [0.05, 0.1) is 5.39 Å². The summed E-state index contributed by atoms with van der Waals surface area (Å²) in [7, 11) is 1.86. The lowest BCUT2D eigenvalue weighted by atomic mass is 10.3. The molecule has 0 saturated heterocycles. The van der Waals surface area contributed by atoms with Crippen LogP contribution in [0.25, 0.3) is 10.2 Å². The van der Waals surface area contributed by atoms with Crippen LogP contribution in [0.15, 0.2) is 11.4 Å². The van der Waals surface area contributed by atoms with Crippen LogP contribution < -0.4 is 10.2 Å². The highest BCUT2D eigenvalue weighted by Crippen LogP contribution is 2.29. The number of unbranched alkanes of at least 4 members (excludes halogenated alkanes) is 1. The van der Waals surface area contributed by atoms with Crippen molar-refractivity contribution in [1.29, 1.82) is 0 Å². The minimum Gasteiger partial charge on any atom is -0.357 e. The molecule has 0 aromatic carbocycles. The number of hydrogen-bond acceptors (Lipinski definition) is 5. The van der Waals surface area contributed by atoms with Gasteiger partial charge >= 0.3 is 0 Å². The summed E-state index contributed by atoms with van der Waals surface area (Å²) in [4.78, 5) is 12.5. The van der Waals surface area contributed by atoms with Crippen molar-refractivity contribution < 1.29 is 0 Å². The van der Waals surface area contributed by atoms with E-state index in [1.807, 2.05) is 7.05 Å². The van der Waals surface area contributed by atoms with Crippen LogP contribution in [0.1, 0.15) is 26.7 Å². The molecule has 0 bridgehead atoms. The SMILES string of the molecule is CCCCN(CC)c1nc(NC)nc2sccc12. The highest BCUT2D eigenvalue weighted by molar-refractivity contribution is 7.16. The van der Waals surface area contributed by atoms with Crippen LogP contribution in [0.5, 0.6) is 0 Å². The van der Waals surface area contributed by atoms with Gasteiger partial charge in [-0.3, -0.25) is 0 Å². The number of nitrogens with zero attached hydrogens (tertiary/aromatic N) is 3. The highest BCUT2D eigenvalue weighted by atomic mass is 32.1. The quantitative estimate of drug-likeness (QED) is 0.868. The lowest BCUT2D eigenvalue weighted by molar-refractivity contribution is 0.726. The second kappa shape index (κ2) is 6.00. The van der Waals surface area contributed by atoms with Gasteiger partial charge in [0, 0.05) is 20.1 Å². The largest absolute Gasteiger partial charge is 0.357 e. The first-order valence-electron chi connectivity index (χ1n) is 6.48. The molecule has 0 unspecified atom stereocenters. The normalized spacial score (nSPS) is 10.8. The molecule has 0 aliphatic carbocycles. The fourth-order valence-corrected chi connectivity index (χ4v) is 2.71. The van der Waals surface area contributed by atoms with Crippen molar-refractivity contribution in [2.24, 2.45) is 0 Å². The van der Waals surface area contributed by atoms with Crippen LogP contribution in [-0.2, 0) is 0 Å². The molecule has 5 heteroatoms. The molecule has 0 radical (unpaired) electrons. The van der Waals surface area contributed by atoms with Gasteiger partial charge in [0.15, 0.2) is 0 Å².